The predicted molar refractivity (Wildman–Crippen MR) is 89.6 cm³/mol. The Kier molecular flexibility index (Phi) is 3.91. The molecule has 0 aliphatic rings. The number of rotatable bonds is 5. The van der Waals surface area contributed by atoms with Crippen molar-refractivity contribution >= 4 is 22.8 Å². The summed E-state index contributed by atoms with van der Waals surface area (Å²) in [7, 11) is 4.04. The summed E-state index contributed by atoms with van der Waals surface area (Å²) in [6.45, 7) is 0.876. The Bertz CT molecular complexity index is 803. The lowest BCUT2D eigenvalue weighted by Crippen LogP contribution is -2.15. The summed E-state index contributed by atoms with van der Waals surface area (Å²) in [4.78, 5) is 7.80. The van der Waals surface area contributed by atoms with E-state index in [9.17, 15) is 0 Å². The van der Waals surface area contributed by atoms with Crippen molar-refractivity contribution in [3.8, 4) is 10.6 Å². The lowest BCUT2D eigenvalue weighted by molar-refractivity contribution is 0.409. The molecule has 0 fully saturated rings. The molecular weight excluding hydrogens is 296 g/mol. The van der Waals surface area contributed by atoms with Crippen LogP contribution in [-0.2, 0) is 6.42 Å². The molecule has 0 unspecified atom stereocenters. The van der Waals surface area contributed by atoms with Crippen LogP contribution in [0.25, 0.3) is 16.2 Å². The molecule has 114 valence electrons. The van der Waals surface area contributed by atoms with Gasteiger partial charge in [-0.05, 0) is 37.7 Å². The first-order chi connectivity index (χ1) is 10.6. The minimum atomic E-state index is 0.00860. The average molecular weight is 314 g/mol. The van der Waals surface area contributed by atoms with Gasteiger partial charge in [-0.15, -0.1) is 11.3 Å². The number of aromatic nitrogens is 3. The highest BCUT2D eigenvalue weighted by Gasteiger charge is 2.15. The van der Waals surface area contributed by atoms with Gasteiger partial charge in [-0.3, -0.25) is 5.41 Å². The van der Waals surface area contributed by atoms with E-state index in [1.165, 1.54) is 0 Å². The second kappa shape index (κ2) is 5.86. The Morgan fingerprint density at radius 3 is 2.82 bits per heavy atom. The number of nitrogens with two attached hydrogens (primary N) is 1. The fourth-order valence-electron chi connectivity index (χ4n) is 2.25. The van der Waals surface area contributed by atoms with E-state index in [-0.39, 0.29) is 5.84 Å². The molecule has 0 bridgehead atoms. The fraction of sp³-hybridized carbons (Fsp3) is 0.267. The normalized spacial score (nSPS) is 11.4. The largest absolute Gasteiger partial charge is 0.384 e. The monoisotopic (exact) mass is 314 g/mol. The first-order valence-corrected chi connectivity index (χ1v) is 7.86. The van der Waals surface area contributed by atoms with Crippen molar-refractivity contribution in [1.82, 2.24) is 19.5 Å². The van der Waals surface area contributed by atoms with E-state index in [0.29, 0.717) is 11.2 Å². The summed E-state index contributed by atoms with van der Waals surface area (Å²) in [6, 6.07) is 7.85. The van der Waals surface area contributed by atoms with Gasteiger partial charge in [-0.25, -0.2) is 9.50 Å². The number of nitrogen functional groups attached to an aromatic ring is 1. The van der Waals surface area contributed by atoms with Gasteiger partial charge in [0.05, 0.1) is 16.1 Å². The van der Waals surface area contributed by atoms with E-state index in [1.807, 2.05) is 43.7 Å². The maximum Gasteiger partial charge on any atom is 0.167 e. The molecule has 0 amide bonds. The molecule has 3 heterocycles. The molecule has 0 saturated carbocycles. The van der Waals surface area contributed by atoms with Gasteiger partial charge < -0.3 is 10.6 Å². The maximum atomic E-state index is 7.73. The quantitative estimate of drug-likeness (QED) is 0.556. The lowest BCUT2D eigenvalue weighted by Gasteiger charge is -2.05. The van der Waals surface area contributed by atoms with Crippen LogP contribution >= 0.6 is 11.3 Å². The zero-order valence-electron chi connectivity index (χ0n) is 12.6. The van der Waals surface area contributed by atoms with Crippen molar-refractivity contribution in [3.63, 3.8) is 0 Å². The third-order valence-electron chi connectivity index (χ3n) is 3.37. The van der Waals surface area contributed by atoms with E-state index in [1.54, 1.807) is 15.9 Å². The van der Waals surface area contributed by atoms with Gasteiger partial charge in [0.1, 0.15) is 5.84 Å². The highest BCUT2D eigenvalue weighted by Crippen LogP contribution is 2.26. The number of amidine groups is 1. The SMILES string of the molecule is CN(C)CCc1nc2c(C(=N)N)ccc(-c3cccs3)n2n1. The van der Waals surface area contributed by atoms with Crippen molar-refractivity contribution in [2.75, 3.05) is 20.6 Å². The molecular formula is C15H18N6S. The molecule has 3 aromatic rings. The standard InChI is InChI=1S/C15H18N6S/c1-20(2)8-7-13-18-15-10(14(16)17)5-6-11(21(15)19-13)12-4-3-9-22-12/h3-6,9H,7-8H2,1-2H3,(H3,16,17). The van der Waals surface area contributed by atoms with Crippen LogP contribution in [0.4, 0.5) is 0 Å². The molecule has 0 atom stereocenters. The molecule has 0 aromatic carbocycles. The van der Waals surface area contributed by atoms with E-state index in [4.69, 9.17) is 11.1 Å². The van der Waals surface area contributed by atoms with Crippen molar-refractivity contribution in [2.45, 2.75) is 6.42 Å². The third kappa shape index (κ3) is 2.72. The van der Waals surface area contributed by atoms with Crippen molar-refractivity contribution in [1.29, 1.82) is 5.41 Å². The van der Waals surface area contributed by atoms with Gasteiger partial charge in [-0.1, -0.05) is 6.07 Å². The van der Waals surface area contributed by atoms with Crippen molar-refractivity contribution in [3.05, 3.63) is 41.0 Å². The zero-order chi connectivity index (χ0) is 15.7. The molecule has 0 radical (unpaired) electrons. The molecule has 0 aliphatic heterocycles. The molecule has 0 saturated heterocycles. The number of likely N-dealkylation sites (N-methyl/N-ethyl adjacent to an activating group) is 1. The third-order valence-corrected chi connectivity index (χ3v) is 4.27. The molecule has 7 heteroatoms. The summed E-state index contributed by atoms with van der Waals surface area (Å²) in [5.41, 5.74) is 7.91. The second-order valence-corrected chi connectivity index (χ2v) is 6.29. The minimum absolute atomic E-state index is 0.00860. The Morgan fingerprint density at radius 1 is 1.36 bits per heavy atom. The molecule has 22 heavy (non-hydrogen) atoms. The van der Waals surface area contributed by atoms with Crippen molar-refractivity contribution in [2.24, 2.45) is 5.73 Å². The number of thiophene rings is 1. The van der Waals surface area contributed by atoms with E-state index in [0.717, 1.165) is 29.4 Å². The Morgan fingerprint density at radius 2 is 2.18 bits per heavy atom. The first-order valence-electron chi connectivity index (χ1n) is 6.98. The van der Waals surface area contributed by atoms with Gasteiger partial charge in [0, 0.05) is 13.0 Å². The second-order valence-electron chi connectivity index (χ2n) is 5.34. The number of nitrogens with one attached hydrogen (secondary N) is 1. The molecule has 0 aliphatic carbocycles. The smallest absolute Gasteiger partial charge is 0.167 e. The average Bonchev–Trinajstić information content (AvgIpc) is 3.12. The van der Waals surface area contributed by atoms with Gasteiger partial charge in [0.25, 0.3) is 0 Å². The predicted octanol–water partition coefficient (Wildman–Crippen LogP) is 1.85. The summed E-state index contributed by atoms with van der Waals surface area (Å²) >= 11 is 1.65. The molecule has 6 nitrogen and oxygen atoms in total. The van der Waals surface area contributed by atoms with Crippen LogP contribution in [0.1, 0.15) is 11.4 Å². The molecule has 3 rings (SSSR count). The summed E-state index contributed by atoms with van der Waals surface area (Å²) in [5, 5.41) is 14.4. The Balaban J connectivity index is 2.14. The van der Waals surface area contributed by atoms with Gasteiger partial charge in [0.2, 0.25) is 0 Å². The lowest BCUT2D eigenvalue weighted by atomic mass is 10.2. The molecule has 3 N–H and O–H groups in total. The van der Waals surface area contributed by atoms with Gasteiger partial charge >= 0.3 is 0 Å². The molecule has 0 spiro atoms. The maximum absolute atomic E-state index is 7.73. The topological polar surface area (TPSA) is 83.3 Å². The van der Waals surface area contributed by atoms with Crippen LogP contribution in [0.2, 0.25) is 0 Å². The Hall–Kier alpha value is -2.25. The Labute approximate surface area is 132 Å². The number of pyridine rings is 1. The zero-order valence-corrected chi connectivity index (χ0v) is 13.4. The highest BCUT2D eigenvalue weighted by molar-refractivity contribution is 7.13. The fourth-order valence-corrected chi connectivity index (χ4v) is 2.99. The summed E-state index contributed by atoms with van der Waals surface area (Å²) < 4.78 is 1.80. The first kappa shape index (κ1) is 14.7. The number of hydrogen-bond donors (Lipinski definition) is 2. The van der Waals surface area contributed by atoms with Crippen LogP contribution in [-0.4, -0.2) is 46.0 Å². The number of nitrogens with zero attached hydrogens (tertiary/aromatic N) is 4. The highest BCUT2D eigenvalue weighted by atomic mass is 32.1. The van der Waals surface area contributed by atoms with E-state index < -0.39 is 0 Å². The van der Waals surface area contributed by atoms with Gasteiger partial charge in [-0.2, -0.15) is 5.10 Å². The van der Waals surface area contributed by atoms with Crippen LogP contribution < -0.4 is 5.73 Å². The number of hydrogen-bond acceptors (Lipinski definition) is 5. The molecule has 3 aromatic heterocycles. The van der Waals surface area contributed by atoms with Crippen LogP contribution in [0.5, 0.6) is 0 Å². The summed E-state index contributed by atoms with van der Waals surface area (Å²) in [5.74, 6) is 0.773. The van der Waals surface area contributed by atoms with E-state index >= 15 is 0 Å². The van der Waals surface area contributed by atoms with Crippen molar-refractivity contribution < 1.29 is 0 Å². The van der Waals surface area contributed by atoms with Crippen LogP contribution in [0.15, 0.2) is 29.6 Å². The number of fused-ring (bicyclic) bond motifs is 1. The van der Waals surface area contributed by atoms with E-state index in [2.05, 4.69) is 15.0 Å². The van der Waals surface area contributed by atoms with Gasteiger partial charge in [0.15, 0.2) is 11.5 Å². The minimum Gasteiger partial charge on any atom is -0.384 e. The summed E-state index contributed by atoms with van der Waals surface area (Å²) in [6.07, 6.45) is 0.760. The van der Waals surface area contributed by atoms with Crippen LogP contribution in [0, 0.1) is 5.41 Å². The van der Waals surface area contributed by atoms with Crippen LogP contribution in [0.3, 0.4) is 0 Å².